The molecule has 0 N–H and O–H groups in total. The Kier molecular flexibility index (Phi) is 4.69. The molecule has 2 heteroatoms. The van der Waals surface area contributed by atoms with Crippen molar-refractivity contribution in [3.63, 3.8) is 0 Å². The first-order valence-electron chi connectivity index (χ1n) is 9.01. The van der Waals surface area contributed by atoms with Crippen LogP contribution >= 0.6 is 0 Å². The van der Waals surface area contributed by atoms with Crippen LogP contribution in [0.5, 0.6) is 5.75 Å². The van der Waals surface area contributed by atoms with Crippen LogP contribution in [0.15, 0.2) is 78.9 Å². The summed E-state index contributed by atoms with van der Waals surface area (Å²) in [6, 6.07) is 27.5. The Balaban J connectivity index is 1.45. The van der Waals surface area contributed by atoms with Gasteiger partial charge in [-0.05, 0) is 53.8 Å². The van der Waals surface area contributed by atoms with E-state index < -0.39 is 0 Å². The molecule has 0 bridgehead atoms. The van der Waals surface area contributed by atoms with Crippen molar-refractivity contribution in [2.45, 2.75) is 19.4 Å². The molecule has 0 amide bonds. The van der Waals surface area contributed by atoms with Crippen LogP contribution < -0.4 is 9.64 Å². The Morgan fingerprint density at radius 1 is 0.720 bits per heavy atom. The average molecular weight is 329 g/mol. The third-order valence-electron chi connectivity index (χ3n) is 4.75. The van der Waals surface area contributed by atoms with Crippen molar-refractivity contribution in [2.75, 3.05) is 18.0 Å². The number of hydrogen-bond donors (Lipinski definition) is 0. The maximum absolute atomic E-state index is 5.88. The van der Waals surface area contributed by atoms with Crippen molar-refractivity contribution in [3.05, 3.63) is 84.4 Å². The predicted octanol–water partition coefficient (Wildman–Crippen LogP) is 5.53. The number of anilines is 1. The second kappa shape index (κ2) is 7.43. The lowest BCUT2D eigenvalue weighted by Crippen LogP contribution is -2.17. The van der Waals surface area contributed by atoms with Crippen molar-refractivity contribution in [2.24, 2.45) is 0 Å². The molecule has 25 heavy (non-hydrogen) atoms. The fourth-order valence-electron chi connectivity index (χ4n) is 3.34. The van der Waals surface area contributed by atoms with Crippen LogP contribution in [0, 0.1) is 0 Å². The van der Waals surface area contributed by atoms with E-state index in [2.05, 4.69) is 65.6 Å². The minimum absolute atomic E-state index is 0.602. The molecule has 0 saturated carbocycles. The van der Waals surface area contributed by atoms with Gasteiger partial charge in [-0.2, -0.15) is 0 Å². The van der Waals surface area contributed by atoms with E-state index in [1.54, 1.807) is 0 Å². The largest absolute Gasteiger partial charge is 0.489 e. The van der Waals surface area contributed by atoms with E-state index in [1.807, 2.05) is 18.2 Å². The molecule has 4 rings (SSSR count). The fraction of sp³-hybridized carbons (Fsp3) is 0.217. The van der Waals surface area contributed by atoms with Crippen molar-refractivity contribution in [3.8, 4) is 16.9 Å². The molecule has 0 atom stereocenters. The highest BCUT2D eigenvalue weighted by Crippen LogP contribution is 2.28. The summed E-state index contributed by atoms with van der Waals surface area (Å²) in [6.07, 6.45) is 2.61. The summed E-state index contributed by atoms with van der Waals surface area (Å²) in [4.78, 5) is 2.47. The van der Waals surface area contributed by atoms with Gasteiger partial charge >= 0.3 is 0 Å². The zero-order chi connectivity index (χ0) is 16.9. The molecule has 1 aliphatic heterocycles. The third kappa shape index (κ3) is 3.85. The van der Waals surface area contributed by atoms with Crippen LogP contribution in [-0.4, -0.2) is 13.1 Å². The molecular weight excluding hydrogens is 306 g/mol. The minimum Gasteiger partial charge on any atom is -0.489 e. The molecular formula is C23H23NO. The van der Waals surface area contributed by atoms with Gasteiger partial charge in [-0.1, -0.05) is 54.6 Å². The van der Waals surface area contributed by atoms with Crippen LogP contribution in [0.2, 0.25) is 0 Å². The van der Waals surface area contributed by atoms with E-state index in [4.69, 9.17) is 4.74 Å². The normalized spacial score (nSPS) is 13.8. The summed E-state index contributed by atoms with van der Waals surface area (Å²) in [6.45, 7) is 2.95. The van der Waals surface area contributed by atoms with Gasteiger partial charge in [0.2, 0.25) is 0 Å². The van der Waals surface area contributed by atoms with E-state index in [1.165, 1.54) is 48.3 Å². The van der Waals surface area contributed by atoms with Gasteiger partial charge in [-0.15, -0.1) is 0 Å². The molecule has 1 fully saturated rings. The molecule has 1 aliphatic rings. The van der Waals surface area contributed by atoms with E-state index >= 15 is 0 Å². The minimum atomic E-state index is 0.602. The Morgan fingerprint density at radius 2 is 1.48 bits per heavy atom. The number of ether oxygens (including phenoxy) is 1. The zero-order valence-corrected chi connectivity index (χ0v) is 14.4. The highest BCUT2D eigenvalue weighted by Gasteiger charge is 2.12. The van der Waals surface area contributed by atoms with Gasteiger partial charge in [0.25, 0.3) is 0 Å². The fourth-order valence-corrected chi connectivity index (χ4v) is 3.34. The molecule has 0 aromatic heterocycles. The highest BCUT2D eigenvalue weighted by atomic mass is 16.5. The van der Waals surface area contributed by atoms with Crippen molar-refractivity contribution in [1.82, 2.24) is 0 Å². The van der Waals surface area contributed by atoms with E-state index in [0.29, 0.717) is 6.61 Å². The van der Waals surface area contributed by atoms with E-state index in [-0.39, 0.29) is 0 Å². The van der Waals surface area contributed by atoms with Gasteiger partial charge in [-0.25, -0.2) is 0 Å². The highest BCUT2D eigenvalue weighted by molar-refractivity contribution is 5.69. The Labute approximate surface area is 149 Å². The first-order chi connectivity index (χ1) is 12.4. The molecule has 3 aromatic rings. The SMILES string of the molecule is c1ccc(COc2ccc(-c3cccc(N4CCCC4)c3)cc2)cc1. The predicted molar refractivity (Wildman–Crippen MR) is 104 cm³/mol. The summed E-state index contributed by atoms with van der Waals surface area (Å²) < 4.78 is 5.88. The average Bonchev–Trinajstić information content (AvgIpc) is 3.23. The summed E-state index contributed by atoms with van der Waals surface area (Å²) in [5.74, 6) is 0.906. The molecule has 0 spiro atoms. The number of rotatable bonds is 5. The molecule has 0 aliphatic carbocycles. The second-order valence-electron chi connectivity index (χ2n) is 6.54. The lowest BCUT2D eigenvalue weighted by atomic mass is 10.0. The van der Waals surface area contributed by atoms with Gasteiger partial charge in [0.1, 0.15) is 12.4 Å². The Bertz CT molecular complexity index is 805. The van der Waals surface area contributed by atoms with Crippen LogP contribution in [-0.2, 0) is 6.61 Å². The van der Waals surface area contributed by atoms with Crippen LogP contribution in [0.1, 0.15) is 18.4 Å². The number of nitrogens with zero attached hydrogens (tertiary/aromatic N) is 1. The van der Waals surface area contributed by atoms with Gasteiger partial charge in [0.05, 0.1) is 0 Å². The van der Waals surface area contributed by atoms with Crippen molar-refractivity contribution in [1.29, 1.82) is 0 Å². The van der Waals surface area contributed by atoms with Gasteiger partial charge in [0.15, 0.2) is 0 Å². The maximum atomic E-state index is 5.88. The summed E-state index contributed by atoms with van der Waals surface area (Å²) in [5.41, 5.74) is 5.01. The molecule has 2 nitrogen and oxygen atoms in total. The molecule has 0 unspecified atom stereocenters. The first-order valence-corrected chi connectivity index (χ1v) is 9.01. The molecule has 126 valence electrons. The summed E-state index contributed by atoms with van der Waals surface area (Å²) in [5, 5.41) is 0. The lowest BCUT2D eigenvalue weighted by Gasteiger charge is -2.18. The monoisotopic (exact) mass is 329 g/mol. The molecule has 1 saturated heterocycles. The second-order valence-corrected chi connectivity index (χ2v) is 6.54. The van der Waals surface area contributed by atoms with Gasteiger partial charge in [0, 0.05) is 18.8 Å². The maximum Gasteiger partial charge on any atom is 0.119 e. The number of benzene rings is 3. The topological polar surface area (TPSA) is 12.5 Å². The van der Waals surface area contributed by atoms with Crippen LogP contribution in [0.3, 0.4) is 0 Å². The third-order valence-corrected chi connectivity index (χ3v) is 4.75. The Hall–Kier alpha value is -2.74. The molecule has 0 radical (unpaired) electrons. The lowest BCUT2D eigenvalue weighted by molar-refractivity contribution is 0.306. The number of hydrogen-bond acceptors (Lipinski definition) is 2. The van der Waals surface area contributed by atoms with Crippen LogP contribution in [0.25, 0.3) is 11.1 Å². The van der Waals surface area contributed by atoms with Gasteiger partial charge < -0.3 is 9.64 Å². The molecule has 1 heterocycles. The quantitative estimate of drug-likeness (QED) is 0.610. The van der Waals surface area contributed by atoms with Crippen molar-refractivity contribution >= 4 is 5.69 Å². The summed E-state index contributed by atoms with van der Waals surface area (Å²) in [7, 11) is 0. The molecule has 3 aromatic carbocycles. The van der Waals surface area contributed by atoms with E-state index in [9.17, 15) is 0 Å². The van der Waals surface area contributed by atoms with Gasteiger partial charge in [-0.3, -0.25) is 0 Å². The van der Waals surface area contributed by atoms with E-state index in [0.717, 1.165) is 5.75 Å². The standard InChI is InChI=1S/C23H23NO/c1-2-7-19(8-3-1)18-25-23-13-11-20(12-14-23)21-9-6-10-22(17-21)24-15-4-5-16-24/h1-3,6-14,17H,4-5,15-16,18H2. The summed E-state index contributed by atoms with van der Waals surface area (Å²) >= 11 is 0. The van der Waals surface area contributed by atoms with Crippen molar-refractivity contribution < 1.29 is 4.74 Å². The first kappa shape index (κ1) is 15.8. The zero-order valence-electron chi connectivity index (χ0n) is 14.4. The van der Waals surface area contributed by atoms with Crippen LogP contribution in [0.4, 0.5) is 5.69 Å². The smallest absolute Gasteiger partial charge is 0.119 e. The Morgan fingerprint density at radius 3 is 2.24 bits per heavy atom.